The first-order valence-electron chi connectivity index (χ1n) is 8.81. The van der Waals surface area contributed by atoms with E-state index < -0.39 is 40.8 Å². The Kier molecular flexibility index (Phi) is 5.15. The molecule has 2 aromatic rings. The average Bonchev–Trinajstić information content (AvgIpc) is 2.90. The number of aliphatic hydroxyl groups is 1. The van der Waals surface area contributed by atoms with Crippen LogP contribution in [0.2, 0.25) is 0 Å². The molecule has 9 heteroatoms. The second-order valence-electron chi connectivity index (χ2n) is 6.76. The minimum absolute atomic E-state index is 0.102. The molecule has 0 saturated carbocycles. The Morgan fingerprint density at radius 3 is 2.13 bits per heavy atom. The van der Waals surface area contributed by atoms with Gasteiger partial charge in [-0.2, -0.15) is 13.2 Å². The summed E-state index contributed by atoms with van der Waals surface area (Å²) in [4.78, 5) is 39.0. The summed E-state index contributed by atoms with van der Waals surface area (Å²) in [7, 11) is 0. The molecule has 0 aliphatic carbocycles. The number of nitrogens with one attached hydrogen (secondary N) is 1. The Labute approximate surface area is 169 Å². The minimum atomic E-state index is -5.42. The number of alkyl halides is 3. The summed E-state index contributed by atoms with van der Waals surface area (Å²) in [6, 6.07) is 12.8. The molecule has 30 heavy (non-hydrogen) atoms. The predicted octanol–water partition coefficient (Wildman–Crippen LogP) is 3.43. The van der Waals surface area contributed by atoms with Crippen LogP contribution in [0.1, 0.15) is 22.8 Å². The summed E-state index contributed by atoms with van der Waals surface area (Å²) < 4.78 is 43.1. The van der Waals surface area contributed by atoms with Gasteiger partial charge < -0.3 is 10.4 Å². The first kappa shape index (κ1) is 21.1. The van der Waals surface area contributed by atoms with Crippen molar-refractivity contribution in [2.45, 2.75) is 25.6 Å². The first-order chi connectivity index (χ1) is 14.0. The van der Waals surface area contributed by atoms with Gasteiger partial charge in [-0.1, -0.05) is 36.4 Å². The summed E-state index contributed by atoms with van der Waals surface area (Å²) >= 11 is 0. The van der Waals surface area contributed by atoms with Crippen LogP contribution in [0.15, 0.2) is 65.9 Å². The maximum atomic E-state index is 14.4. The van der Waals surface area contributed by atoms with Gasteiger partial charge in [-0.25, -0.2) is 4.90 Å². The van der Waals surface area contributed by atoms with Crippen LogP contribution in [0.4, 0.5) is 18.9 Å². The number of hydrogen-bond acceptors (Lipinski definition) is 4. The maximum Gasteiger partial charge on any atom is 0.425 e. The number of anilines is 1. The van der Waals surface area contributed by atoms with E-state index in [1.54, 1.807) is 17.4 Å². The van der Waals surface area contributed by atoms with Crippen LogP contribution in [0.3, 0.4) is 0 Å². The fourth-order valence-corrected chi connectivity index (χ4v) is 3.39. The molecule has 1 aliphatic heterocycles. The van der Waals surface area contributed by atoms with Gasteiger partial charge in [0.15, 0.2) is 0 Å². The molecule has 0 spiro atoms. The molecule has 2 aromatic carbocycles. The van der Waals surface area contributed by atoms with Crippen molar-refractivity contribution in [3.63, 3.8) is 0 Å². The third-order valence-corrected chi connectivity index (χ3v) is 4.81. The number of allylic oxidation sites excluding steroid dienone is 1. The second kappa shape index (κ2) is 7.33. The lowest BCUT2D eigenvalue weighted by atomic mass is 9.89. The topological polar surface area (TPSA) is 86.7 Å². The summed E-state index contributed by atoms with van der Waals surface area (Å²) in [5, 5.41) is 11.7. The lowest BCUT2D eigenvalue weighted by Crippen LogP contribution is -2.64. The van der Waals surface area contributed by atoms with Crippen LogP contribution in [-0.2, 0) is 9.59 Å². The zero-order valence-electron chi connectivity index (χ0n) is 15.9. The number of amides is 3. The minimum Gasteiger partial charge on any atom is -0.512 e. The number of carbonyl (C=O) groups excluding carboxylic acids is 3. The standard InChI is InChI=1S/C21H17F3N2O4/c1-12-8-6-7-11-15(12)17(28)25-20(21(22,23)24)16(13(2)27)18(29)26(19(20)30)14-9-4-3-5-10-14/h3-11,27H,1-2H3,(H,25,28)/b16-13+/t20-/m1/s1. The summed E-state index contributed by atoms with van der Waals surface area (Å²) in [5.41, 5.74) is -4.84. The smallest absolute Gasteiger partial charge is 0.425 e. The van der Waals surface area contributed by atoms with Crippen molar-refractivity contribution in [3.8, 4) is 0 Å². The van der Waals surface area contributed by atoms with Gasteiger partial charge in [0.1, 0.15) is 5.76 Å². The van der Waals surface area contributed by atoms with E-state index in [4.69, 9.17) is 0 Å². The van der Waals surface area contributed by atoms with Crippen molar-refractivity contribution in [1.29, 1.82) is 0 Å². The molecule has 3 rings (SSSR count). The van der Waals surface area contributed by atoms with Gasteiger partial charge in [0.2, 0.25) is 0 Å². The Bertz CT molecular complexity index is 1060. The number of halogens is 3. The number of benzene rings is 2. The van der Waals surface area contributed by atoms with E-state index >= 15 is 0 Å². The first-order valence-corrected chi connectivity index (χ1v) is 8.81. The van der Waals surface area contributed by atoms with Crippen LogP contribution in [0.5, 0.6) is 0 Å². The van der Waals surface area contributed by atoms with E-state index in [2.05, 4.69) is 0 Å². The molecule has 1 heterocycles. The Morgan fingerprint density at radius 2 is 1.60 bits per heavy atom. The van der Waals surface area contributed by atoms with Gasteiger partial charge in [-0.15, -0.1) is 0 Å². The van der Waals surface area contributed by atoms with E-state index in [9.17, 15) is 32.7 Å². The lowest BCUT2D eigenvalue weighted by molar-refractivity contribution is -0.184. The number of carbonyl (C=O) groups is 3. The number of aryl methyl sites for hydroxylation is 1. The molecule has 0 bridgehead atoms. The number of rotatable bonds is 3. The number of hydrogen-bond donors (Lipinski definition) is 2. The highest BCUT2D eigenvalue weighted by Gasteiger charge is 2.72. The molecule has 2 N–H and O–H groups in total. The molecular weight excluding hydrogens is 401 g/mol. The van der Waals surface area contributed by atoms with Gasteiger partial charge in [-0.05, 0) is 37.6 Å². The zero-order chi connectivity index (χ0) is 22.3. The molecule has 156 valence electrons. The fraction of sp³-hybridized carbons (Fsp3) is 0.190. The highest BCUT2D eigenvalue weighted by atomic mass is 19.4. The average molecular weight is 418 g/mol. The normalized spacial score (nSPS) is 21.0. The quantitative estimate of drug-likeness (QED) is 0.454. The van der Waals surface area contributed by atoms with Crippen molar-refractivity contribution < 1.29 is 32.7 Å². The maximum absolute atomic E-state index is 14.4. The van der Waals surface area contributed by atoms with E-state index in [1.165, 1.54) is 49.4 Å². The van der Waals surface area contributed by atoms with E-state index in [1.807, 2.05) is 0 Å². The molecule has 1 aliphatic rings. The van der Waals surface area contributed by atoms with E-state index in [-0.39, 0.29) is 11.3 Å². The van der Waals surface area contributed by atoms with Crippen molar-refractivity contribution in [1.82, 2.24) is 5.32 Å². The van der Waals surface area contributed by atoms with Gasteiger partial charge >= 0.3 is 6.18 Å². The zero-order valence-corrected chi connectivity index (χ0v) is 15.9. The Balaban J connectivity index is 2.22. The van der Waals surface area contributed by atoms with Crippen molar-refractivity contribution in [3.05, 3.63) is 77.1 Å². The fourth-order valence-electron chi connectivity index (χ4n) is 3.39. The molecule has 3 amide bonds. The third-order valence-electron chi connectivity index (χ3n) is 4.81. The number of aliphatic hydroxyl groups excluding tert-OH is 1. The number of nitrogens with zero attached hydrogens (tertiary/aromatic N) is 1. The molecule has 0 aromatic heterocycles. The van der Waals surface area contributed by atoms with Gasteiger partial charge in [0, 0.05) is 5.56 Å². The second-order valence-corrected chi connectivity index (χ2v) is 6.76. The highest BCUT2D eigenvalue weighted by Crippen LogP contribution is 2.45. The number of para-hydroxylation sites is 1. The lowest BCUT2D eigenvalue weighted by Gasteiger charge is -2.31. The largest absolute Gasteiger partial charge is 0.512 e. The third kappa shape index (κ3) is 3.12. The van der Waals surface area contributed by atoms with Crippen LogP contribution >= 0.6 is 0 Å². The molecule has 1 atom stereocenters. The van der Waals surface area contributed by atoms with Gasteiger partial charge in [0.25, 0.3) is 23.3 Å². The van der Waals surface area contributed by atoms with E-state index in [0.29, 0.717) is 10.5 Å². The summed E-state index contributed by atoms with van der Waals surface area (Å²) in [5.74, 6) is -5.32. The number of imide groups is 1. The van der Waals surface area contributed by atoms with Crippen molar-refractivity contribution >= 4 is 23.4 Å². The van der Waals surface area contributed by atoms with Crippen LogP contribution in [0.25, 0.3) is 0 Å². The Hall–Kier alpha value is -3.62. The van der Waals surface area contributed by atoms with Gasteiger partial charge in [-0.3, -0.25) is 14.4 Å². The highest BCUT2D eigenvalue weighted by molar-refractivity contribution is 6.34. The molecule has 1 fully saturated rings. The predicted molar refractivity (Wildman–Crippen MR) is 102 cm³/mol. The molecule has 0 unspecified atom stereocenters. The SMILES string of the molecule is C/C(O)=C1/C(=O)N(c2ccccc2)C(=O)[C@@]1(NC(=O)c1ccccc1C)C(F)(F)F. The van der Waals surface area contributed by atoms with Crippen LogP contribution in [-0.4, -0.2) is 34.5 Å². The van der Waals surface area contributed by atoms with Crippen LogP contribution in [0, 0.1) is 6.92 Å². The summed E-state index contributed by atoms with van der Waals surface area (Å²) in [6.07, 6.45) is -5.42. The molecule has 6 nitrogen and oxygen atoms in total. The van der Waals surface area contributed by atoms with Crippen molar-refractivity contribution in [2.24, 2.45) is 0 Å². The van der Waals surface area contributed by atoms with E-state index in [0.717, 1.165) is 6.92 Å². The molecule has 0 radical (unpaired) electrons. The van der Waals surface area contributed by atoms with Crippen molar-refractivity contribution in [2.75, 3.05) is 4.90 Å². The monoisotopic (exact) mass is 418 g/mol. The Morgan fingerprint density at radius 1 is 1.03 bits per heavy atom. The summed E-state index contributed by atoms with van der Waals surface area (Å²) in [6.45, 7) is 2.37. The van der Waals surface area contributed by atoms with Gasteiger partial charge in [0.05, 0.1) is 11.3 Å². The molecule has 1 saturated heterocycles. The van der Waals surface area contributed by atoms with Crippen LogP contribution < -0.4 is 10.2 Å². The molecular formula is C21H17F3N2O4.